The van der Waals surface area contributed by atoms with E-state index in [1.807, 2.05) is 0 Å². The van der Waals surface area contributed by atoms with Crippen LogP contribution in [0.3, 0.4) is 0 Å². The predicted octanol–water partition coefficient (Wildman–Crippen LogP) is 1.73. The molecule has 1 heterocycles. The average Bonchev–Trinajstić information content (AvgIpc) is 2.85. The van der Waals surface area contributed by atoms with E-state index in [2.05, 4.69) is 20.9 Å². The van der Waals surface area contributed by atoms with Gasteiger partial charge in [0.15, 0.2) is 0 Å². The number of hydrogen-bond acceptors (Lipinski definition) is 6. The number of rotatable bonds is 6. The number of aromatic nitrogens is 1. The Bertz CT molecular complexity index is 776. The molecular formula is C13H12AsBrNO4S2. The van der Waals surface area contributed by atoms with Crippen LogP contribution in [-0.4, -0.2) is 40.6 Å². The number of thiazole rings is 1. The summed E-state index contributed by atoms with van der Waals surface area (Å²) >= 11 is 3.38. The molecule has 2 rings (SSSR count). The van der Waals surface area contributed by atoms with E-state index in [0.717, 1.165) is 4.47 Å². The van der Waals surface area contributed by atoms with Gasteiger partial charge < -0.3 is 0 Å². The summed E-state index contributed by atoms with van der Waals surface area (Å²) in [5.41, 5.74) is 0.554. The van der Waals surface area contributed by atoms with Crippen LogP contribution in [0.25, 0.3) is 0 Å². The van der Waals surface area contributed by atoms with Crippen molar-refractivity contribution in [3.8, 4) is 0 Å². The van der Waals surface area contributed by atoms with Crippen molar-refractivity contribution < 1.29 is 17.9 Å². The van der Waals surface area contributed by atoms with Crippen LogP contribution in [0.1, 0.15) is 12.6 Å². The summed E-state index contributed by atoms with van der Waals surface area (Å²) in [4.78, 5) is 15.9. The Morgan fingerprint density at radius 2 is 2.23 bits per heavy atom. The summed E-state index contributed by atoms with van der Waals surface area (Å²) in [5.74, 6) is -0.356. The number of benzene rings is 1. The van der Waals surface area contributed by atoms with Gasteiger partial charge in [0.1, 0.15) is 0 Å². The van der Waals surface area contributed by atoms with E-state index in [9.17, 15) is 13.2 Å². The first-order valence-corrected chi connectivity index (χ1v) is 12.6. The van der Waals surface area contributed by atoms with Crippen LogP contribution in [0.2, 0.25) is 0 Å². The van der Waals surface area contributed by atoms with Crippen molar-refractivity contribution in [2.45, 2.75) is 18.2 Å². The molecule has 0 bridgehead atoms. The topological polar surface area (TPSA) is 73.3 Å². The van der Waals surface area contributed by atoms with Gasteiger partial charge >= 0.3 is 147 Å². The molecule has 0 aliphatic rings. The van der Waals surface area contributed by atoms with Crippen LogP contribution in [0.4, 0.5) is 0 Å². The number of carbonyl (C=O) groups is 1. The van der Waals surface area contributed by atoms with Crippen LogP contribution in [-0.2, 0) is 24.1 Å². The molecule has 1 aromatic carbocycles. The Balaban J connectivity index is 2.11. The van der Waals surface area contributed by atoms with Crippen molar-refractivity contribution in [1.82, 2.24) is 4.98 Å². The predicted molar refractivity (Wildman–Crippen MR) is 89.2 cm³/mol. The molecule has 1 aromatic heterocycles. The van der Waals surface area contributed by atoms with E-state index in [1.165, 1.54) is 11.3 Å². The van der Waals surface area contributed by atoms with Gasteiger partial charge in [-0.1, -0.05) is 0 Å². The fourth-order valence-corrected chi connectivity index (χ4v) is 9.58. The molecule has 0 atom stereocenters. The SMILES string of the molecule is CCOC(=O)Cc1csc([As]S(=O)(=O)c2cccc(Br)c2)n1. The van der Waals surface area contributed by atoms with Crippen molar-refractivity contribution in [1.29, 1.82) is 0 Å². The zero-order valence-electron chi connectivity index (χ0n) is 11.5. The summed E-state index contributed by atoms with van der Waals surface area (Å²) in [6.07, 6.45) is 0.0718. The summed E-state index contributed by atoms with van der Waals surface area (Å²) in [6.45, 7) is 2.05. The molecule has 22 heavy (non-hydrogen) atoms. The number of nitrogens with zero attached hydrogens (tertiary/aromatic N) is 1. The Morgan fingerprint density at radius 3 is 2.91 bits per heavy atom. The van der Waals surface area contributed by atoms with Crippen LogP contribution >= 0.6 is 27.3 Å². The fourth-order valence-electron chi connectivity index (χ4n) is 1.56. The summed E-state index contributed by atoms with van der Waals surface area (Å²) < 4.78 is 30.9. The molecule has 0 amide bonds. The Labute approximate surface area is 146 Å². The van der Waals surface area contributed by atoms with E-state index in [4.69, 9.17) is 4.74 Å². The van der Waals surface area contributed by atoms with Crippen molar-refractivity contribution >= 4 is 59.7 Å². The van der Waals surface area contributed by atoms with E-state index in [0.29, 0.717) is 16.1 Å². The standard InChI is InChI=1S/C13H12AsBrNO4S2/c1-2-20-12(17)7-10-8-21-13(16-10)14-22(18,19)11-5-3-4-9(15)6-11/h3-6,8H,2,7H2,1H3. The molecule has 0 aliphatic heterocycles. The molecule has 0 spiro atoms. The van der Waals surface area contributed by atoms with Crippen LogP contribution in [0.15, 0.2) is 39.0 Å². The zero-order chi connectivity index (χ0) is 16.2. The summed E-state index contributed by atoms with van der Waals surface area (Å²) in [5, 5.41) is 1.71. The fraction of sp³-hybridized carbons (Fsp3) is 0.231. The molecular weight excluding hydrogens is 453 g/mol. The van der Waals surface area contributed by atoms with Gasteiger partial charge in [0, 0.05) is 0 Å². The number of hydrogen-bond donors (Lipinski definition) is 0. The second-order valence-corrected chi connectivity index (χ2v) is 13.2. The maximum atomic E-state index is 12.4. The first-order chi connectivity index (χ1) is 10.4. The normalized spacial score (nSPS) is 11.9. The first kappa shape index (κ1) is 17.7. The van der Waals surface area contributed by atoms with Crippen LogP contribution in [0, 0.1) is 0 Å². The summed E-state index contributed by atoms with van der Waals surface area (Å²) in [6, 6.07) is 6.61. The van der Waals surface area contributed by atoms with Gasteiger partial charge in [-0.25, -0.2) is 0 Å². The number of halogens is 1. The second kappa shape index (κ2) is 7.72. The van der Waals surface area contributed by atoms with Gasteiger partial charge in [-0.05, 0) is 0 Å². The summed E-state index contributed by atoms with van der Waals surface area (Å²) in [7, 11) is -3.37. The molecule has 5 nitrogen and oxygen atoms in total. The number of ether oxygens (including phenoxy) is 1. The monoisotopic (exact) mass is 464 g/mol. The third-order valence-electron chi connectivity index (χ3n) is 2.46. The molecule has 0 N–H and O–H groups in total. The molecule has 0 saturated carbocycles. The molecule has 0 aliphatic carbocycles. The van der Waals surface area contributed by atoms with Gasteiger partial charge in [0.25, 0.3) is 0 Å². The van der Waals surface area contributed by atoms with E-state index < -0.39 is 22.7 Å². The third-order valence-corrected chi connectivity index (χ3v) is 10.8. The molecule has 2 aromatic rings. The quantitative estimate of drug-likeness (QED) is 0.480. The van der Waals surface area contributed by atoms with Crippen LogP contribution in [0.5, 0.6) is 0 Å². The zero-order valence-corrected chi connectivity index (χ0v) is 16.6. The molecule has 0 fully saturated rings. The van der Waals surface area contributed by atoms with Crippen molar-refractivity contribution in [3.05, 3.63) is 39.8 Å². The van der Waals surface area contributed by atoms with Gasteiger partial charge in [-0.3, -0.25) is 0 Å². The minimum atomic E-state index is -3.37. The van der Waals surface area contributed by atoms with Gasteiger partial charge in [0.05, 0.1) is 0 Å². The van der Waals surface area contributed by atoms with E-state index in [-0.39, 0.29) is 17.3 Å². The second-order valence-electron chi connectivity index (χ2n) is 4.13. The van der Waals surface area contributed by atoms with Crippen molar-refractivity contribution in [3.63, 3.8) is 0 Å². The third kappa shape index (κ3) is 4.91. The average molecular weight is 465 g/mol. The Morgan fingerprint density at radius 1 is 1.45 bits per heavy atom. The van der Waals surface area contributed by atoms with E-state index in [1.54, 1.807) is 36.6 Å². The minimum absolute atomic E-state index is 0.0718. The van der Waals surface area contributed by atoms with Gasteiger partial charge in [-0.2, -0.15) is 0 Å². The molecule has 1 radical (unpaired) electrons. The van der Waals surface area contributed by atoms with Crippen LogP contribution < -0.4 is 3.80 Å². The Kier molecular flexibility index (Phi) is 6.20. The number of esters is 1. The molecule has 0 saturated heterocycles. The maximum absolute atomic E-state index is 12.4. The molecule has 0 unspecified atom stereocenters. The van der Waals surface area contributed by atoms with E-state index >= 15 is 0 Å². The van der Waals surface area contributed by atoms with Crippen molar-refractivity contribution in [2.24, 2.45) is 0 Å². The van der Waals surface area contributed by atoms with Gasteiger partial charge in [0.2, 0.25) is 0 Å². The Hall–Kier alpha value is -0.692. The number of carbonyl (C=O) groups excluding carboxylic acids is 1. The first-order valence-electron chi connectivity index (χ1n) is 6.24. The van der Waals surface area contributed by atoms with Gasteiger partial charge in [-0.15, -0.1) is 0 Å². The molecule has 9 heteroatoms. The molecule has 117 valence electrons. The van der Waals surface area contributed by atoms with Crippen molar-refractivity contribution in [2.75, 3.05) is 6.61 Å².